The number of nitro benzene ring substituents is 1. The number of non-ortho nitro benzene ring substituents is 1. The van der Waals surface area contributed by atoms with Gasteiger partial charge in [0.2, 0.25) is 0 Å². The van der Waals surface area contributed by atoms with Crippen molar-refractivity contribution in [3.63, 3.8) is 0 Å². The second-order valence-corrected chi connectivity index (χ2v) is 4.49. The molecule has 0 saturated heterocycles. The van der Waals surface area contributed by atoms with Gasteiger partial charge in [-0.1, -0.05) is 6.07 Å². The molecule has 0 unspecified atom stereocenters. The van der Waals surface area contributed by atoms with E-state index < -0.39 is 4.92 Å². The lowest BCUT2D eigenvalue weighted by Gasteiger charge is -2.30. The number of ether oxygens (including phenoxy) is 1. The Kier molecular flexibility index (Phi) is 3.99. The van der Waals surface area contributed by atoms with E-state index in [-0.39, 0.29) is 11.7 Å². The summed E-state index contributed by atoms with van der Waals surface area (Å²) in [5.41, 5.74) is 2.05. The number of nitrogens with zero attached hydrogens (tertiary/aromatic N) is 2. The molecule has 1 heterocycles. The Labute approximate surface area is 111 Å². The fraction of sp³-hybridized carbons (Fsp3) is 0.462. The minimum atomic E-state index is -0.395. The van der Waals surface area contributed by atoms with Gasteiger partial charge < -0.3 is 9.64 Å². The first-order valence-electron chi connectivity index (χ1n) is 6.21. The lowest BCUT2D eigenvalue weighted by molar-refractivity contribution is -0.384. The highest BCUT2D eigenvalue weighted by molar-refractivity contribution is 5.70. The number of aryl methyl sites for hydroxylation is 1. The Morgan fingerprint density at radius 3 is 3.00 bits per heavy atom. The summed E-state index contributed by atoms with van der Waals surface area (Å²) in [7, 11) is 1.36. The van der Waals surface area contributed by atoms with Crippen LogP contribution < -0.4 is 4.90 Å². The van der Waals surface area contributed by atoms with Gasteiger partial charge in [-0.05, 0) is 18.4 Å². The molecule has 6 heteroatoms. The lowest BCUT2D eigenvalue weighted by atomic mass is 10.0. The normalized spacial score (nSPS) is 13.8. The average molecular weight is 264 g/mol. The van der Waals surface area contributed by atoms with Crippen molar-refractivity contribution in [1.29, 1.82) is 0 Å². The van der Waals surface area contributed by atoms with Gasteiger partial charge in [-0.2, -0.15) is 0 Å². The fourth-order valence-corrected chi connectivity index (χ4v) is 2.31. The molecule has 6 nitrogen and oxygen atoms in total. The molecule has 19 heavy (non-hydrogen) atoms. The summed E-state index contributed by atoms with van der Waals surface area (Å²) in [6.45, 7) is 1.34. The topological polar surface area (TPSA) is 72.7 Å². The largest absolute Gasteiger partial charge is 0.469 e. The van der Waals surface area contributed by atoms with E-state index in [1.165, 1.54) is 13.2 Å². The number of anilines is 1. The molecule has 0 aromatic heterocycles. The molecule has 0 saturated carbocycles. The van der Waals surface area contributed by atoms with Gasteiger partial charge in [0.1, 0.15) is 0 Å². The average Bonchev–Trinajstić information content (AvgIpc) is 2.43. The summed E-state index contributed by atoms with van der Waals surface area (Å²) in [6, 6.07) is 4.92. The van der Waals surface area contributed by atoms with Gasteiger partial charge in [-0.3, -0.25) is 14.9 Å². The van der Waals surface area contributed by atoms with Crippen LogP contribution in [0.1, 0.15) is 18.4 Å². The van der Waals surface area contributed by atoms with Gasteiger partial charge in [-0.15, -0.1) is 0 Å². The Morgan fingerprint density at radius 1 is 1.53 bits per heavy atom. The molecular weight excluding hydrogens is 248 g/mol. The molecule has 0 fully saturated rings. The maximum Gasteiger partial charge on any atom is 0.307 e. The summed E-state index contributed by atoms with van der Waals surface area (Å²) in [5.74, 6) is -0.266. The molecule has 0 bridgehead atoms. The van der Waals surface area contributed by atoms with Crippen LogP contribution in [0.25, 0.3) is 0 Å². The molecule has 1 aliphatic rings. The van der Waals surface area contributed by atoms with E-state index in [0.717, 1.165) is 30.6 Å². The smallest absolute Gasteiger partial charge is 0.307 e. The van der Waals surface area contributed by atoms with E-state index in [0.29, 0.717) is 13.0 Å². The Hall–Kier alpha value is -2.11. The first-order valence-corrected chi connectivity index (χ1v) is 6.21. The molecule has 0 radical (unpaired) electrons. The highest BCUT2D eigenvalue weighted by atomic mass is 16.6. The van der Waals surface area contributed by atoms with Crippen LogP contribution in [-0.2, 0) is 16.0 Å². The molecule has 2 rings (SSSR count). The number of benzene rings is 1. The Morgan fingerprint density at radius 2 is 2.32 bits per heavy atom. The van der Waals surface area contributed by atoms with Crippen molar-refractivity contribution in [2.75, 3.05) is 25.1 Å². The van der Waals surface area contributed by atoms with Gasteiger partial charge in [-0.25, -0.2) is 0 Å². The maximum atomic E-state index is 11.2. The molecule has 1 aromatic carbocycles. The summed E-state index contributed by atoms with van der Waals surface area (Å²) in [6.07, 6.45) is 2.20. The summed E-state index contributed by atoms with van der Waals surface area (Å²) in [5, 5.41) is 10.8. The summed E-state index contributed by atoms with van der Waals surface area (Å²) in [4.78, 5) is 23.6. The minimum absolute atomic E-state index is 0.0868. The monoisotopic (exact) mass is 264 g/mol. The molecule has 0 spiro atoms. The number of esters is 1. The minimum Gasteiger partial charge on any atom is -0.469 e. The number of hydrogen-bond acceptors (Lipinski definition) is 5. The molecule has 1 aromatic rings. The van der Waals surface area contributed by atoms with Gasteiger partial charge in [0, 0.05) is 30.9 Å². The first kappa shape index (κ1) is 13.3. The van der Waals surface area contributed by atoms with E-state index in [9.17, 15) is 14.9 Å². The molecule has 0 N–H and O–H groups in total. The van der Waals surface area contributed by atoms with Crippen LogP contribution in [0.3, 0.4) is 0 Å². The van der Waals surface area contributed by atoms with Gasteiger partial charge in [0.15, 0.2) is 0 Å². The zero-order valence-electron chi connectivity index (χ0n) is 10.8. The predicted molar refractivity (Wildman–Crippen MR) is 70.3 cm³/mol. The van der Waals surface area contributed by atoms with Crippen LogP contribution in [0.15, 0.2) is 18.2 Å². The number of hydrogen-bond donors (Lipinski definition) is 0. The van der Waals surface area contributed by atoms with E-state index in [4.69, 9.17) is 0 Å². The number of methoxy groups -OCH3 is 1. The number of rotatable bonds is 4. The van der Waals surface area contributed by atoms with Crippen LogP contribution in [-0.4, -0.2) is 31.1 Å². The Balaban J connectivity index is 2.19. The predicted octanol–water partition coefficient (Wildman–Crippen LogP) is 1.91. The van der Waals surface area contributed by atoms with E-state index >= 15 is 0 Å². The number of carbonyl (C=O) groups is 1. The number of carbonyl (C=O) groups excluding carboxylic acids is 1. The number of nitro groups is 1. The SMILES string of the molecule is COC(=O)CCN1CCCc2ccc([N+](=O)[O-])cc21. The zero-order valence-corrected chi connectivity index (χ0v) is 10.8. The van der Waals surface area contributed by atoms with E-state index in [1.54, 1.807) is 12.1 Å². The third kappa shape index (κ3) is 3.01. The quantitative estimate of drug-likeness (QED) is 0.472. The third-order valence-corrected chi connectivity index (χ3v) is 3.31. The van der Waals surface area contributed by atoms with Crippen molar-refractivity contribution >= 4 is 17.3 Å². The van der Waals surface area contributed by atoms with Crippen molar-refractivity contribution in [1.82, 2.24) is 0 Å². The maximum absolute atomic E-state index is 11.2. The summed E-state index contributed by atoms with van der Waals surface area (Å²) < 4.78 is 4.62. The lowest BCUT2D eigenvalue weighted by Crippen LogP contribution is -2.31. The van der Waals surface area contributed by atoms with Gasteiger partial charge >= 0.3 is 5.97 Å². The summed E-state index contributed by atoms with van der Waals surface area (Å²) >= 11 is 0. The van der Waals surface area contributed by atoms with Gasteiger partial charge in [0.25, 0.3) is 5.69 Å². The molecule has 0 aliphatic carbocycles. The van der Waals surface area contributed by atoms with Crippen molar-refractivity contribution in [3.05, 3.63) is 33.9 Å². The van der Waals surface area contributed by atoms with Crippen LogP contribution in [0.2, 0.25) is 0 Å². The molecule has 1 aliphatic heterocycles. The standard InChI is InChI=1S/C13H16N2O4/c1-19-13(16)6-8-14-7-2-3-10-4-5-11(15(17)18)9-12(10)14/h4-5,9H,2-3,6-8H2,1H3. The second kappa shape index (κ2) is 5.69. The highest BCUT2D eigenvalue weighted by Crippen LogP contribution is 2.30. The van der Waals surface area contributed by atoms with Crippen LogP contribution in [0.5, 0.6) is 0 Å². The Bertz CT molecular complexity index is 501. The van der Waals surface area contributed by atoms with Crippen LogP contribution in [0.4, 0.5) is 11.4 Å². The highest BCUT2D eigenvalue weighted by Gasteiger charge is 2.20. The molecule has 0 amide bonds. The van der Waals surface area contributed by atoms with Crippen molar-refractivity contribution < 1.29 is 14.5 Å². The van der Waals surface area contributed by atoms with Crippen molar-refractivity contribution in [2.45, 2.75) is 19.3 Å². The second-order valence-electron chi connectivity index (χ2n) is 4.49. The van der Waals surface area contributed by atoms with Crippen LogP contribution >= 0.6 is 0 Å². The zero-order chi connectivity index (χ0) is 13.8. The first-order chi connectivity index (χ1) is 9.11. The molecule has 102 valence electrons. The number of fused-ring (bicyclic) bond motifs is 1. The van der Waals surface area contributed by atoms with Crippen molar-refractivity contribution in [2.24, 2.45) is 0 Å². The van der Waals surface area contributed by atoms with Gasteiger partial charge in [0.05, 0.1) is 18.5 Å². The fourth-order valence-electron chi connectivity index (χ4n) is 2.31. The van der Waals surface area contributed by atoms with E-state index in [1.807, 2.05) is 4.90 Å². The molecular formula is C13H16N2O4. The molecule has 0 atom stereocenters. The van der Waals surface area contributed by atoms with Crippen molar-refractivity contribution in [3.8, 4) is 0 Å². The van der Waals surface area contributed by atoms with Crippen LogP contribution in [0, 0.1) is 10.1 Å². The third-order valence-electron chi connectivity index (χ3n) is 3.31. The van der Waals surface area contributed by atoms with E-state index in [2.05, 4.69) is 4.74 Å².